The zero-order valence-electron chi connectivity index (χ0n) is 19.1. The summed E-state index contributed by atoms with van der Waals surface area (Å²) in [6.07, 6.45) is 1.75. The van der Waals surface area contributed by atoms with E-state index >= 15 is 0 Å². The molecule has 35 heavy (non-hydrogen) atoms. The van der Waals surface area contributed by atoms with E-state index in [1.165, 1.54) is 5.56 Å². The fourth-order valence-electron chi connectivity index (χ4n) is 3.62. The molecule has 1 aromatic heterocycles. The summed E-state index contributed by atoms with van der Waals surface area (Å²) in [4.78, 5) is 4.71. The van der Waals surface area contributed by atoms with Crippen molar-refractivity contribution >= 4 is 23.6 Å². The van der Waals surface area contributed by atoms with Gasteiger partial charge in [-0.15, -0.1) is 0 Å². The van der Waals surface area contributed by atoms with Crippen molar-refractivity contribution in [2.24, 2.45) is 4.99 Å². The molecule has 5 aromatic rings. The Morgan fingerprint density at radius 2 is 1.74 bits per heavy atom. The third-order valence-electron chi connectivity index (χ3n) is 5.39. The lowest BCUT2D eigenvalue weighted by Crippen LogP contribution is -1.96. The molecule has 5 heteroatoms. The number of benzene rings is 3. The first-order chi connectivity index (χ1) is 17.1. The number of hydrogen-bond acceptors (Lipinski definition) is 3. The highest BCUT2D eigenvalue weighted by atomic mass is 35.5. The van der Waals surface area contributed by atoms with Gasteiger partial charge in [-0.2, -0.15) is 5.10 Å². The minimum atomic E-state index is 0.489. The van der Waals surface area contributed by atoms with Crippen LogP contribution in [0.5, 0.6) is 5.75 Å². The summed E-state index contributed by atoms with van der Waals surface area (Å²) < 4.78 is 7.67. The molecule has 0 aliphatic heterocycles. The SMILES string of the molecule is Cc1cccc(COc2c#cc(C=Nc3cc(-c4ccc(Cl)cc4)nn3-c3ccccc3)cc2)c1. The molecule has 0 amide bonds. The first-order valence-electron chi connectivity index (χ1n) is 11.2. The molecule has 0 aliphatic rings. The van der Waals surface area contributed by atoms with Crippen LogP contribution in [0, 0.1) is 19.1 Å². The second kappa shape index (κ2) is 10.3. The predicted molar refractivity (Wildman–Crippen MR) is 141 cm³/mol. The van der Waals surface area contributed by atoms with Crippen LogP contribution in [0.3, 0.4) is 0 Å². The minimum absolute atomic E-state index is 0.489. The summed E-state index contributed by atoms with van der Waals surface area (Å²) >= 11 is 6.05. The third-order valence-corrected chi connectivity index (χ3v) is 5.64. The van der Waals surface area contributed by atoms with Crippen LogP contribution in [0.4, 0.5) is 5.82 Å². The van der Waals surface area contributed by atoms with Gasteiger partial charge in [0, 0.05) is 28.4 Å². The monoisotopic (exact) mass is 475 g/mol. The van der Waals surface area contributed by atoms with Gasteiger partial charge in [-0.1, -0.05) is 77.8 Å². The summed E-state index contributed by atoms with van der Waals surface area (Å²) in [7, 11) is 0. The van der Waals surface area contributed by atoms with E-state index in [2.05, 4.69) is 31.2 Å². The standard InChI is InChI=1S/C30H22ClN3O/c1-22-6-5-7-24(18-22)21-35-28-16-10-23(11-17-28)20-32-30-19-29(25-12-14-26(31)15-13-25)33-34(30)27-8-3-2-4-9-27/h2-10,12-16,18-20H,21H2,1H3. The fraction of sp³-hybridized carbons (Fsp3) is 0.0667. The normalized spacial score (nSPS) is 10.9. The van der Waals surface area contributed by atoms with Crippen molar-refractivity contribution in [3.63, 3.8) is 0 Å². The number of nitrogens with zero attached hydrogens (tertiary/aromatic N) is 3. The Morgan fingerprint density at radius 1 is 0.914 bits per heavy atom. The molecule has 0 radical (unpaired) electrons. The molecular weight excluding hydrogens is 454 g/mol. The van der Waals surface area contributed by atoms with Gasteiger partial charge in [-0.25, -0.2) is 9.67 Å². The Balaban J connectivity index is 1.36. The third kappa shape index (κ3) is 5.60. The topological polar surface area (TPSA) is 39.4 Å². The molecule has 4 aromatic carbocycles. The second-order valence-corrected chi connectivity index (χ2v) is 8.52. The highest BCUT2D eigenvalue weighted by Gasteiger charge is 2.10. The summed E-state index contributed by atoms with van der Waals surface area (Å²) in [6.45, 7) is 2.56. The molecule has 0 saturated carbocycles. The van der Waals surface area contributed by atoms with E-state index in [9.17, 15) is 0 Å². The molecular formula is C30H22ClN3O. The molecule has 5 rings (SSSR count). The Kier molecular flexibility index (Phi) is 6.61. The maximum Gasteiger partial charge on any atom is 0.170 e. The highest BCUT2D eigenvalue weighted by Crippen LogP contribution is 2.27. The lowest BCUT2D eigenvalue weighted by molar-refractivity contribution is 0.306. The van der Waals surface area contributed by atoms with Crippen LogP contribution in [0.1, 0.15) is 16.7 Å². The second-order valence-electron chi connectivity index (χ2n) is 8.08. The first-order valence-corrected chi connectivity index (χ1v) is 11.6. The van der Waals surface area contributed by atoms with Crippen LogP contribution in [-0.2, 0) is 6.61 Å². The molecule has 0 fully saturated rings. The average Bonchev–Trinajstić information content (AvgIpc) is 3.32. The molecule has 1 heterocycles. The van der Waals surface area contributed by atoms with E-state index in [0.29, 0.717) is 23.2 Å². The van der Waals surface area contributed by atoms with Gasteiger partial charge in [0.25, 0.3) is 0 Å². The van der Waals surface area contributed by atoms with E-state index < -0.39 is 0 Å². The molecule has 0 atom stereocenters. The number of rotatable bonds is 7. The van der Waals surface area contributed by atoms with E-state index in [1.54, 1.807) is 6.21 Å². The van der Waals surface area contributed by atoms with Crippen LogP contribution >= 0.6 is 11.6 Å². The van der Waals surface area contributed by atoms with Crippen LogP contribution < -0.4 is 4.74 Å². The van der Waals surface area contributed by atoms with Gasteiger partial charge in [0.2, 0.25) is 0 Å². The van der Waals surface area contributed by atoms with Gasteiger partial charge in [0.1, 0.15) is 6.61 Å². The lowest BCUT2D eigenvalue weighted by atomic mass is 10.1. The summed E-state index contributed by atoms with van der Waals surface area (Å²) in [6, 6.07) is 37.7. The molecule has 0 aliphatic carbocycles. The Hall–Kier alpha value is -4.33. The number of hydrogen-bond donors (Lipinski definition) is 0. The van der Waals surface area contributed by atoms with Crippen molar-refractivity contribution in [2.45, 2.75) is 13.5 Å². The Morgan fingerprint density at radius 3 is 2.49 bits per heavy atom. The van der Waals surface area contributed by atoms with Crippen molar-refractivity contribution < 1.29 is 4.74 Å². The van der Waals surface area contributed by atoms with Crippen LogP contribution in [0.15, 0.2) is 102 Å². The van der Waals surface area contributed by atoms with Crippen LogP contribution in [-0.4, -0.2) is 16.0 Å². The number of halogens is 1. The number of ether oxygens (including phenoxy) is 1. The van der Waals surface area contributed by atoms with E-state index in [0.717, 1.165) is 28.1 Å². The molecule has 0 spiro atoms. The quantitative estimate of drug-likeness (QED) is 0.229. The zero-order valence-corrected chi connectivity index (χ0v) is 19.9. The Bertz CT molecular complexity index is 1440. The van der Waals surface area contributed by atoms with Gasteiger partial charge in [0.15, 0.2) is 11.6 Å². The van der Waals surface area contributed by atoms with Gasteiger partial charge < -0.3 is 4.74 Å². The van der Waals surface area contributed by atoms with E-state index in [1.807, 2.05) is 89.6 Å². The number of aromatic nitrogens is 2. The molecule has 170 valence electrons. The molecule has 0 N–H and O–H groups in total. The average molecular weight is 476 g/mol. The minimum Gasteiger partial charge on any atom is -0.481 e. The summed E-state index contributed by atoms with van der Waals surface area (Å²) in [5, 5.41) is 5.48. The largest absolute Gasteiger partial charge is 0.481 e. The Labute approximate surface area is 210 Å². The zero-order chi connectivity index (χ0) is 24.0. The molecule has 0 unspecified atom stereocenters. The maximum atomic E-state index is 6.05. The van der Waals surface area contributed by atoms with Gasteiger partial charge >= 0.3 is 0 Å². The summed E-state index contributed by atoms with van der Waals surface area (Å²) in [5.41, 5.74) is 5.83. The van der Waals surface area contributed by atoms with Crippen molar-refractivity contribution in [3.8, 4) is 22.7 Å². The number of aryl methyl sites for hydroxylation is 1. The maximum absolute atomic E-state index is 6.05. The molecule has 0 bridgehead atoms. The number of para-hydroxylation sites is 1. The lowest BCUT2D eigenvalue weighted by Gasteiger charge is -2.05. The van der Waals surface area contributed by atoms with Crippen LogP contribution in [0.2, 0.25) is 5.02 Å². The van der Waals surface area contributed by atoms with Gasteiger partial charge in [-0.3, -0.25) is 0 Å². The first kappa shape index (κ1) is 22.5. The summed E-state index contributed by atoms with van der Waals surface area (Å²) in [5.74, 6) is 1.34. The van der Waals surface area contributed by atoms with E-state index in [-0.39, 0.29) is 0 Å². The van der Waals surface area contributed by atoms with Crippen molar-refractivity contribution in [3.05, 3.63) is 131 Å². The number of aliphatic imine (C=N–C) groups is 1. The fourth-order valence-corrected chi connectivity index (χ4v) is 3.75. The molecule has 4 nitrogen and oxygen atoms in total. The highest BCUT2D eigenvalue weighted by molar-refractivity contribution is 6.30. The molecule has 0 saturated heterocycles. The smallest absolute Gasteiger partial charge is 0.170 e. The van der Waals surface area contributed by atoms with Gasteiger partial charge in [0.05, 0.1) is 11.4 Å². The van der Waals surface area contributed by atoms with Crippen molar-refractivity contribution in [1.82, 2.24) is 9.78 Å². The van der Waals surface area contributed by atoms with Crippen molar-refractivity contribution in [1.29, 1.82) is 0 Å². The van der Waals surface area contributed by atoms with Gasteiger partial charge in [-0.05, 0) is 55.0 Å². The van der Waals surface area contributed by atoms with Crippen LogP contribution in [0.25, 0.3) is 16.9 Å². The van der Waals surface area contributed by atoms with Crippen molar-refractivity contribution in [2.75, 3.05) is 0 Å². The predicted octanol–water partition coefficient (Wildman–Crippen LogP) is 7.43. The van der Waals surface area contributed by atoms with E-state index in [4.69, 9.17) is 26.4 Å².